The third kappa shape index (κ3) is 5.18. The minimum absolute atomic E-state index is 0.0258. The lowest BCUT2D eigenvalue weighted by Crippen LogP contribution is -2.37. The number of rotatable bonds is 8. The predicted octanol–water partition coefficient (Wildman–Crippen LogP) is 2.74. The number of ether oxygens (including phenoxy) is 3. The van der Waals surface area contributed by atoms with E-state index in [1.165, 1.54) is 6.92 Å². The Kier molecular flexibility index (Phi) is 5.89. The van der Waals surface area contributed by atoms with Gasteiger partial charge in [0.25, 0.3) is 6.01 Å². The minimum atomic E-state index is -0.0258. The second kappa shape index (κ2) is 8.57. The van der Waals surface area contributed by atoms with E-state index in [1.807, 2.05) is 24.6 Å². The first kappa shape index (κ1) is 19.9. The summed E-state index contributed by atoms with van der Waals surface area (Å²) in [6, 6.07) is 2.59. The number of pyridine rings is 1. The maximum absolute atomic E-state index is 11.1. The molecule has 2 saturated carbocycles. The number of nitrogens with one attached hydrogen (secondary N) is 1. The molecule has 0 spiro atoms. The Bertz CT molecular complexity index is 856. The van der Waals surface area contributed by atoms with E-state index in [0.717, 1.165) is 49.6 Å². The molecule has 0 aromatic carbocycles. The molecule has 29 heavy (non-hydrogen) atoms. The maximum Gasteiger partial charge on any atom is 0.297 e. The third-order valence-electron chi connectivity index (χ3n) is 5.44. The van der Waals surface area contributed by atoms with Crippen LogP contribution in [0.4, 0.5) is 0 Å². The van der Waals surface area contributed by atoms with Crippen LogP contribution in [0.3, 0.4) is 0 Å². The fraction of sp³-hybridized carbons (Fsp3) is 0.667. The lowest BCUT2D eigenvalue weighted by molar-refractivity contribution is -0.120. The first-order chi connectivity index (χ1) is 14.0. The molecule has 0 bridgehead atoms. The van der Waals surface area contributed by atoms with Gasteiger partial charge in [0.05, 0.1) is 24.4 Å². The molecule has 2 heterocycles. The molecule has 4 rings (SSSR count). The van der Waals surface area contributed by atoms with Crippen molar-refractivity contribution in [1.29, 1.82) is 0 Å². The first-order valence-corrected chi connectivity index (χ1v) is 10.5. The summed E-state index contributed by atoms with van der Waals surface area (Å²) in [4.78, 5) is 20.0. The summed E-state index contributed by atoms with van der Waals surface area (Å²) in [7, 11) is 1.96. The summed E-state index contributed by atoms with van der Waals surface area (Å²) in [6.45, 7) is 4.02. The van der Waals surface area contributed by atoms with Crippen molar-refractivity contribution >= 4 is 16.9 Å². The standard InChI is InChI=1S/C21H30N4O4/c1-13(23-14(2)26)12-27-15-4-6-17(7-5-15)29-21-24-18-11-22-20(28-16-8-9-16)10-19(18)25(21)3/h10-11,13,15-17H,4-9,12H2,1-3H3,(H,23,26)/t13-,15-,17-/m0/s1. The quantitative estimate of drug-likeness (QED) is 0.731. The number of carbonyl (C=O) groups excluding carboxylic acids is 1. The van der Waals surface area contributed by atoms with E-state index in [0.29, 0.717) is 24.6 Å². The molecular formula is C21H30N4O4. The zero-order valence-electron chi connectivity index (χ0n) is 17.4. The number of nitrogens with zero attached hydrogens (tertiary/aromatic N) is 3. The van der Waals surface area contributed by atoms with Gasteiger partial charge in [-0.3, -0.25) is 9.36 Å². The van der Waals surface area contributed by atoms with E-state index in [9.17, 15) is 4.79 Å². The number of aromatic nitrogens is 3. The molecule has 2 aromatic heterocycles. The highest BCUT2D eigenvalue weighted by atomic mass is 16.5. The van der Waals surface area contributed by atoms with Crippen LogP contribution in [0.15, 0.2) is 12.3 Å². The van der Waals surface area contributed by atoms with Crippen molar-refractivity contribution in [2.45, 2.75) is 76.7 Å². The molecule has 2 aliphatic carbocycles. The molecule has 2 aliphatic rings. The largest absolute Gasteiger partial charge is 0.474 e. The van der Waals surface area contributed by atoms with E-state index in [4.69, 9.17) is 14.2 Å². The zero-order valence-corrected chi connectivity index (χ0v) is 17.4. The van der Waals surface area contributed by atoms with Gasteiger partial charge in [0.2, 0.25) is 11.8 Å². The number of aryl methyl sites for hydroxylation is 1. The van der Waals surface area contributed by atoms with Gasteiger partial charge in [-0.2, -0.15) is 4.98 Å². The van der Waals surface area contributed by atoms with Gasteiger partial charge in [-0.15, -0.1) is 0 Å². The first-order valence-electron chi connectivity index (χ1n) is 10.5. The molecule has 1 atom stereocenters. The Morgan fingerprint density at radius 3 is 2.52 bits per heavy atom. The highest BCUT2D eigenvalue weighted by molar-refractivity contribution is 5.76. The second-order valence-corrected chi connectivity index (χ2v) is 8.23. The molecular weight excluding hydrogens is 372 g/mol. The van der Waals surface area contributed by atoms with Crippen LogP contribution in [-0.2, 0) is 16.6 Å². The number of carbonyl (C=O) groups is 1. The summed E-state index contributed by atoms with van der Waals surface area (Å²) >= 11 is 0. The molecule has 158 valence electrons. The van der Waals surface area contributed by atoms with E-state index in [-0.39, 0.29) is 24.2 Å². The highest BCUT2D eigenvalue weighted by Gasteiger charge is 2.26. The van der Waals surface area contributed by atoms with E-state index in [2.05, 4.69) is 15.3 Å². The SMILES string of the molecule is CC(=O)N[C@@H](C)CO[C@H]1CC[C@H](Oc2nc3cnc(OC4CC4)cc3n2C)CC1. The fourth-order valence-electron chi connectivity index (χ4n) is 3.72. The van der Waals surface area contributed by atoms with Crippen molar-refractivity contribution in [1.82, 2.24) is 19.9 Å². The molecule has 1 N–H and O–H groups in total. The average Bonchev–Trinajstić information content (AvgIpc) is 3.45. The summed E-state index contributed by atoms with van der Waals surface area (Å²) in [5, 5.41) is 2.85. The Hall–Kier alpha value is -2.35. The van der Waals surface area contributed by atoms with Gasteiger partial charge in [-0.05, 0) is 45.4 Å². The molecule has 8 nitrogen and oxygen atoms in total. The van der Waals surface area contributed by atoms with E-state index < -0.39 is 0 Å². The number of imidazole rings is 1. The molecule has 1 amide bonds. The Labute approximate surface area is 170 Å². The van der Waals surface area contributed by atoms with Gasteiger partial charge < -0.3 is 19.5 Å². The average molecular weight is 402 g/mol. The van der Waals surface area contributed by atoms with Crippen LogP contribution in [0.25, 0.3) is 11.0 Å². The van der Waals surface area contributed by atoms with Crippen molar-refractivity contribution in [3.8, 4) is 11.9 Å². The number of hydrogen-bond acceptors (Lipinski definition) is 6. The summed E-state index contributed by atoms with van der Waals surface area (Å²) in [5.74, 6) is 0.628. The van der Waals surface area contributed by atoms with Crippen LogP contribution in [0.2, 0.25) is 0 Å². The van der Waals surface area contributed by atoms with Gasteiger partial charge in [0, 0.05) is 26.1 Å². The monoisotopic (exact) mass is 402 g/mol. The van der Waals surface area contributed by atoms with Crippen molar-refractivity contribution in [3.63, 3.8) is 0 Å². The van der Waals surface area contributed by atoms with Crippen molar-refractivity contribution < 1.29 is 19.0 Å². The summed E-state index contributed by atoms with van der Waals surface area (Å²) < 4.78 is 19.9. The molecule has 0 radical (unpaired) electrons. The zero-order chi connectivity index (χ0) is 20.4. The van der Waals surface area contributed by atoms with Crippen LogP contribution >= 0.6 is 0 Å². The fourth-order valence-corrected chi connectivity index (χ4v) is 3.72. The van der Waals surface area contributed by atoms with Crippen molar-refractivity contribution in [2.75, 3.05) is 6.61 Å². The van der Waals surface area contributed by atoms with Crippen molar-refractivity contribution in [2.24, 2.45) is 7.05 Å². The number of amides is 1. The van der Waals surface area contributed by atoms with Gasteiger partial charge in [-0.25, -0.2) is 4.98 Å². The summed E-state index contributed by atoms with van der Waals surface area (Å²) in [6.07, 6.45) is 8.39. The molecule has 0 saturated heterocycles. The molecule has 2 aromatic rings. The lowest BCUT2D eigenvalue weighted by atomic mass is 9.95. The van der Waals surface area contributed by atoms with Gasteiger partial charge in [-0.1, -0.05) is 0 Å². The topological polar surface area (TPSA) is 87.5 Å². The third-order valence-corrected chi connectivity index (χ3v) is 5.44. The van der Waals surface area contributed by atoms with Gasteiger partial charge in [0.1, 0.15) is 17.7 Å². The normalized spacial score (nSPS) is 23.0. The Morgan fingerprint density at radius 1 is 1.17 bits per heavy atom. The highest BCUT2D eigenvalue weighted by Crippen LogP contribution is 2.30. The minimum Gasteiger partial charge on any atom is -0.474 e. The van der Waals surface area contributed by atoms with Crippen LogP contribution in [0, 0.1) is 0 Å². The Morgan fingerprint density at radius 2 is 1.83 bits per heavy atom. The van der Waals surface area contributed by atoms with Crippen LogP contribution in [0.5, 0.6) is 11.9 Å². The van der Waals surface area contributed by atoms with E-state index in [1.54, 1.807) is 6.20 Å². The summed E-state index contributed by atoms with van der Waals surface area (Å²) in [5.41, 5.74) is 1.78. The Balaban J connectivity index is 1.29. The molecule has 0 aliphatic heterocycles. The van der Waals surface area contributed by atoms with Gasteiger partial charge >= 0.3 is 0 Å². The number of fused-ring (bicyclic) bond motifs is 1. The predicted molar refractivity (Wildman–Crippen MR) is 108 cm³/mol. The smallest absolute Gasteiger partial charge is 0.297 e. The molecule has 0 unspecified atom stereocenters. The maximum atomic E-state index is 11.1. The van der Waals surface area contributed by atoms with Crippen LogP contribution in [-0.4, -0.2) is 51.4 Å². The second-order valence-electron chi connectivity index (χ2n) is 8.23. The van der Waals surface area contributed by atoms with Gasteiger partial charge in [0.15, 0.2) is 0 Å². The lowest BCUT2D eigenvalue weighted by Gasteiger charge is -2.29. The van der Waals surface area contributed by atoms with Crippen LogP contribution < -0.4 is 14.8 Å². The van der Waals surface area contributed by atoms with Crippen molar-refractivity contribution in [3.05, 3.63) is 12.3 Å². The molecule has 8 heteroatoms. The van der Waals surface area contributed by atoms with Crippen LogP contribution in [0.1, 0.15) is 52.4 Å². The van der Waals surface area contributed by atoms with E-state index >= 15 is 0 Å². The molecule has 2 fully saturated rings. The number of hydrogen-bond donors (Lipinski definition) is 1.